The van der Waals surface area contributed by atoms with E-state index in [1.807, 2.05) is 71.8 Å². The van der Waals surface area contributed by atoms with Crippen molar-refractivity contribution in [2.24, 2.45) is 11.8 Å². The molecule has 224 valence electrons. The number of hydrogen-bond donors (Lipinski definition) is 4. The number of amides is 2. The van der Waals surface area contributed by atoms with Crippen molar-refractivity contribution in [2.45, 2.75) is 89.7 Å². The molecule has 2 aromatic rings. The maximum absolute atomic E-state index is 13.7. The quantitative estimate of drug-likeness (QED) is 0.241. The molecule has 2 rings (SSSR count). The highest BCUT2D eigenvalue weighted by atomic mass is 32.2. The van der Waals surface area contributed by atoms with Crippen LogP contribution in [0.25, 0.3) is 10.8 Å². The molecule has 10 heteroatoms. The summed E-state index contributed by atoms with van der Waals surface area (Å²) in [6.45, 7) is 9.56. The number of unbranched alkanes of at least 4 members (excludes halogenated alkanes) is 1. The van der Waals surface area contributed by atoms with Crippen LogP contribution in [0.2, 0.25) is 0 Å². The Balaban J connectivity index is 2.35. The van der Waals surface area contributed by atoms with Crippen LogP contribution < -0.4 is 20.3 Å². The van der Waals surface area contributed by atoms with Crippen molar-refractivity contribution in [3.63, 3.8) is 0 Å². The van der Waals surface area contributed by atoms with Crippen LogP contribution in [-0.4, -0.2) is 64.2 Å². The summed E-state index contributed by atoms with van der Waals surface area (Å²) < 4.78 is 30.0. The highest BCUT2D eigenvalue weighted by Gasteiger charge is 2.31. The number of benzene rings is 2. The molecule has 4 N–H and O–H groups in total. The van der Waals surface area contributed by atoms with Crippen molar-refractivity contribution in [3.05, 3.63) is 36.4 Å². The summed E-state index contributed by atoms with van der Waals surface area (Å²) in [6, 6.07) is 8.26. The molecule has 0 spiro atoms. The smallest absolute Gasteiger partial charge is 0.242 e. The van der Waals surface area contributed by atoms with Gasteiger partial charge in [0.2, 0.25) is 21.8 Å². The van der Waals surface area contributed by atoms with Gasteiger partial charge in [0.15, 0.2) is 0 Å². The van der Waals surface area contributed by atoms with E-state index in [0.717, 1.165) is 23.9 Å². The zero-order valence-corrected chi connectivity index (χ0v) is 25.8. The first kappa shape index (κ1) is 33.5. The molecule has 0 saturated carbocycles. The largest absolute Gasteiger partial charge is 0.394 e. The molecule has 0 aliphatic rings. The molecule has 0 bridgehead atoms. The molecule has 1 unspecified atom stereocenters. The molecule has 0 saturated heterocycles. The third kappa shape index (κ3) is 9.45. The van der Waals surface area contributed by atoms with Crippen molar-refractivity contribution in [3.8, 4) is 0 Å². The third-order valence-electron chi connectivity index (χ3n) is 6.76. The molecule has 9 nitrogen and oxygen atoms in total. The molecule has 40 heavy (non-hydrogen) atoms. The molecule has 0 aliphatic carbocycles. The van der Waals surface area contributed by atoms with Gasteiger partial charge in [-0.3, -0.25) is 9.59 Å². The fraction of sp³-hybridized carbons (Fsp3) is 0.600. The van der Waals surface area contributed by atoms with Gasteiger partial charge < -0.3 is 20.6 Å². The van der Waals surface area contributed by atoms with Crippen LogP contribution in [0.15, 0.2) is 41.3 Å². The van der Waals surface area contributed by atoms with Gasteiger partial charge in [-0.2, -0.15) is 4.72 Å². The molecule has 0 radical (unpaired) electrons. The molecular formula is C30H48N4O5S. The van der Waals surface area contributed by atoms with Crippen LogP contribution >= 0.6 is 0 Å². The third-order valence-corrected chi connectivity index (χ3v) is 8.29. The highest BCUT2D eigenvalue weighted by Crippen LogP contribution is 2.30. The Morgan fingerprint density at radius 2 is 1.45 bits per heavy atom. The molecule has 0 fully saturated rings. The normalized spacial score (nSPS) is 14.2. The standard InChI is InChI=1S/C30H48N4O5S/c1-8-9-12-22(19-35)31-29(36)25(17-20(2)3)32-30(37)26(18-21(4)5)33-40(38,39)28-16-11-13-23-24(28)14-10-15-27(23)34(6)7/h10-11,13-16,20-22,25-26,33,35H,8-9,12,17-19H2,1-7H3,(H,31,36)(H,32,37)/t22?,25-,26-/m0/s1. The van der Waals surface area contributed by atoms with Crippen molar-refractivity contribution >= 4 is 38.3 Å². The Bertz CT molecular complexity index is 1230. The van der Waals surface area contributed by atoms with E-state index in [-0.39, 0.29) is 35.7 Å². The van der Waals surface area contributed by atoms with E-state index in [1.54, 1.807) is 12.1 Å². The average Bonchev–Trinajstić information content (AvgIpc) is 2.88. The van der Waals surface area contributed by atoms with Gasteiger partial charge in [0.05, 0.1) is 17.5 Å². The second-order valence-corrected chi connectivity index (χ2v) is 13.2. The van der Waals surface area contributed by atoms with Crippen molar-refractivity contribution in [1.82, 2.24) is 15.4 Å². The molecular weight excluding hydrogens is 528 g/mol. The fourth-order valence-electron chi connectivity index (χ4n) is 4.76. The van der Waals surface area contributed by atoms with Gasteiger partial charge in [0.25, 0.3) is 0 Å². The molecule has 0 heterocycles. The molecule has 0 aliphatic heterocycles. The number of carbonyl (C=O) groups is 2. The predicted octanol–water partition coefficient (Wildman–Crippen LogP) is 3.80. The lowest BCUT2D eigenvalue weighted by Crippen LogP contribution is -2.55. The second kappa shape index (κ2) is 15.3. The minimum atomic E-state index is -4.09. The summed E-state index contributed by atoms with van der Waals surface area (Å²) in [7, 11) is -0.302. The monoisotopic (exact) mass is 576 g/mol. The van der Waals surface area contributed by atoms with Gasteiger partial charge in [-0.05, 0) is 43.2 Å². The first-order valence-electron chi connectivity index (χ1n) is 14.2. The maximum Gasteiger partial charge on any atom is 0.242 e. The van der Waals surface area contributed by atoms with E-state index in [1.165, 1.54) is 6.07 Å². The Kier molecular flexibility index (Phi) is 12.9. The fourth-order valence-corrected chi connectivity index (χ4v) is 6.19. The van der Waals surface area contributed by atoms with Crippen molar-refractivity contribution in [1.29, 1.82) is 0 Å². The SMILES string of the molecule is CCCCC(CO)NC(=O)[C@H](CC(C)C)NC(=O)[C@H](CC(C)C)NS(=O)(=O)c1cccc2c(N(C)C)cccc12. The molecule has 2 amide bonds. The van der Waals surface area contributed by atoms with Crippen LogP contribution in [0.3, 0.4) is 0 Å². The Morgan fingerprint density at radius 1 is 0.875 bits per heavy atom. The number of aliphatic hydroxyl groups excluding tert-OH is 1. The number of hydrogen-bond acceptors (Lipinski definition) is 6. The number of anilines is 1. The summed E-state index contributed by atoms with van der Waals surface area (Å²) >= 11 is 0. The Morgan fingerprint density at radius 3 is 2.02 bits per heavy atom. The highest BCUT2D eigenvalue weighted by molar-refractivity contribution is 7.89. The van der Waals surface area contributed by atoms with Crippen LogP contribution in [0, 0.1) is 11.8 Å². The van der Waals surface area contributed by atoms with Crippen LogP contribution in [0.4, 0.5) is 5.69 Å². The van der Waals surface area contributed by atoms with Crippen molar-refractivity contribution < 1.29 is 23.1 Å². The van der Waals surface area contributed by atoms with E-state index < -0.39 is 34.1 Å². The first-order chi connectivity index (χ1) is 18.8. The summed E-state index contributed by atoms with van der Waals surface area (Å²) in [6.07, 6.45) is 3.06. The van der Waals surface area contributed by atoms with Crippen LogP contribution in [0.5, 0.6) is 0 Å². The van der Waals surface area contributed by atoms with Gasteiger partial charge in [0, 0.05) is 30.6 Å². The molecule has 3 atom stereocenters. The lowest BCUT2D eigenvalue weighted by atomic mass is 10.00. The van der Waals surface area contributed by atoms with Gasteiger partial charge >= 0.3 is 0 Å². The number of fused-ring (bicyclic) bond motifs is 1. The number of rotatable bonds is 16. The van der Waals surface area contributed by atoms with Gasteiger partial charge in [0.1, 0.15) is 12.1 Å². The van der Waals surface area contributed by atoms with Gasteiger partial charge in [-0.25, -0.2) is 8.42 Å². The van der Waals surface area contributed by atoms with E-state index in [2.05, 4.69) is 15.4 Å². The Hall–Kier alpha value is -2.69. The summed E-state index contributed by atoms with van der Waals surface area (Å²) in [5.41, 5.74) is 0.883. The van der Waals surface area contributed by atoms with E-state index in [9.17, 15) is 23.1 Å². The van der Waals surface area contributed by atoms with Crippen molar-refractivity contribution in [2.75, 3.05) is 25.6 Å². The number of aliphatic hydroxyl groups is 1. The van der Waals surface area contributed by atoms with E-state index in [4.69, 9.17) is 0 Å². The summed E-state index contributed by atoms with van der Waals surface area (Å²) in [4.78, 5) is 28.7. The van der Waals surface area contributed by atoms with E-state index in [0.29, 0.717) is 18.2 Å². The lowest BCUT2D eigenvalue weighted by molar-refractivity contribution is -0.131. The molecule has 0 aromatic heterocycles. The number of sulfonamides is 1. The lowest BCUT2D eigenvalue weighted by Gasteiger charge is -2.26. The van der Waals surface area contributed by atoms with Crippen LogP contribution in [0.1, 0.15) is 66.7 Å². The summed E-state index contributed by atoms with van der Waals surface area (Å²) in [5.74, 6) is -0.826. The minimum Gasteiger partial charge on any atom is -0.394 e. The Labute approximate surface area is 240 Å². The van der Waals surface area contributed by atoms with Gasteiger partial charge in [-0.1, -0.05) is 71.7 Å². The first-order valence-corrected chi connectivity index (χ1v) is 15.7. The van der Waals surface area contributed by atoms with E-state index >= 15 is 0 Å². The topological polar surface area (TPSA) is 128 Å². The second-order valence-electron chi connectivity index (χ2n) is 11.5. The van der Waals surface area contributed by atoms with Gasteiger partial charge in [-0.15, -0.1) is 0 Å². The minimum absolute atomic E-state index is 0.0106. The zero-order chi connectivity index (χ0) is 30.0. The molecule has 2 aromatic carbocycles. The maximum atomic E-state index is 13.7. The zero-order valence-electron chi connectivity index (χ0n) is 25.0. The number of nitrogens with one attached hydrogen (secondary N) is 3. The summed E-state index contributed by atoms with van der Waals surface area (Å²) in [5, 5.41) is 16.7. The number of nitrogens with zero attached hydrogens (tertiary/aromatic N) is 1. The average molecular weight is 577 g/mol. The van der Waals surface area contributed by atoms with Crippen LogP contribution in [-0.2, 0) is 19.6 Å². The predicted molar refractivity (Wildman–Crippen MR) is 162 cm³/mol. The number of carbonyl (C=O) groups excluding carboxylic acids is 2.